The second kappa shape index (κ2) is 5.35. The highest BCUT2D eigenvalue weighted by atomic mass is 16.5. The molecule has 0 radical (unpaired) electrons. The Morgan fingerprint density at radius 1 is 1.27 bits per heavy atom. The van der Waals surface area contributed by atoms with Crippen LogP contribution in [0.2, 0.25) is 0 Å². The summed E-state index contributed by atoms with van der Waals surface area (Å²) in [5.41, 5.74) is 2.65. The first kappa shape index (κ1) is 11.5. The number of carbonyl (C=O) groups excluding carboxylic acids is 1. The molecule has 0 aliphatic heterocycles. The van der Waals surface area contributed by atoms with Crippen molar-refractivity contribution in [2.45, 2.75) is 20.3 Å². The van der Waals surface area contributed by atoms with Gasteiger partial charge in [0.25, 0.3) is 0 Å². The highest BCUT2D eigenvalue weighted by Crippen LogP contribution is 2.21. The van der Waals surface area contributed by atoms with Crippen LogP contribution < -0.4 is 0 Å². The predicted molar refractivity (Wildman–Crippen MR) is 61.3 cm³/mol. The van der Waals surface area contributed by atoms with Crippen molar-refractivity contribution in [3.8, 4) is 0 Å². The monoisotopic (exact) mass is 204 g/mol. The fourth-order valence-corrected chi connectivity index (χ4v) is 1.42. The molecule has 0 N–H and O–H groups in total. The number of carbonyl (C=O) groups is 1. The first-order chi connectivity index (χ1) is 7.20. The Morgan fingerprint density at radius 3 is 2.33 bits per heavy atom. The van der Waals surface area contributed by atoms with Crippen molar-refractivity contribution in [2.75, 3.05) is 7.11 Å². The van der Waals surface area contributed by atoms with E-state index < -0.39 is 0 Å². The molecule has 0 aliphatic carbocycles. The van der Waals surface area contributed by atoms with Crippen LogP contribution >= 0.6 is 0 Å². The molecule has 0 aromatic heterocycles. The molecule has 2 heteroatoms. The van der Waals surface area contributed by atoms with E-state index in [1.54, 1.807) is 0 Å². The number of hydrogen-bond donors (Lipinski definition) is 0. The zero-order chi connectivity index (χ0) is 11.3. The summed E-state index contributed by atoms with van der Waals surface area (Å²) in [6.45, 7) is 3.99. The van der Waals surface area contributed by atoms with E-state index >= 15 is 0 Å². The van der Waals surface area contributed by atoms with E-state index in [1.807, 2.05) is 44.2 Å². The minimum atomic E-state index is -0.263. The number of methoxy groups -OCH3 is 1. The van der Waals surface area contributed by atoms with E-state index in [9.17, 15) is 4.79 Å². The normalized spacial score (nSPS) is 11.9. The minimum Gasteiger partial charge on any atom is -0.465 e. The lowest BCUT2D eigenvalue weighted by molar-refractivity contribution is -0.133. The van der Waals surface area contributed by atoms with E-state index in [1.165, 1.54) is 7.11 Å². The Bertz CT molecular complexity index is 363. The second-order valence-electron chi connectivity index (χ2n) is 3.37. The summed E-state index contributed by atoms with van der Waals surface area (Å²) in [5.74, 6) is -0.263. The molecule has 0 fully saturated rings. The summed E-state index contributed by atoms with van der Waals surface area (Å²) >= 11 is 0. The number of hydrogen-bond acceptors (Lipinski definition) is 2. The molecule has 15 heavy (non-hydrogen) atoms. The number of benzene rings is 1. The molecule has 0 saturated carbocycles. The van der Waals surface area contributed by atoms with Gasteiger partial charge >= 0.3 is 5.97 Å². The molecule has 0 amide bonds. The van der Waals surface area contributed by atoms with E-state index in [2.05, 4.69) is 0 Å². The molecule has 0 atom stereocenters. The first-order valence-electron chi connectivity index (χ1n) is 5.04. The lowest BCUT2D eigenvalue weighted by atomic mass is 9.99. The maximum Gasteiger partial charge on any atom is 0.338 e. The van der Waals surface area contributed by atoms with Gasteiger partial charge in [-0.25, -0.2) is 4.79 Å². The Hall–Kier alpha value is -1.57. The standard InChI is InChI=1S/C13H16O2/c1-4-10(2)12(13(14)15-3)11-8-6-5-7-9-11/h5-9H,4H2,1-3H3/b12-10+. The van der Waals surface area contributed by atoms with Crippen LogP contribution in [0.3, 0.4) is 0 Å². The summed E-state index contributed by atoms with van der Waals surface area (Å²) in [6.07, 6.45) is 0.847. The van der Waals surface area contributed by atoms with Gasteiger partial charge in [0.05, 0.1) is 12.7 Å². The van der Waals surface area contributed by atoms with Crippen LogP contribution in [0, 0.1) is 0 Å². The SMILES string of the molecule is CC/C(C)=C(/C(=O)OC)c1ccccc1. The van der Waals surface area contributed by atoms with Gasteiger partial charge in [0.2, 0.25) is 0 Å². The Balaban J connectivity index is 3.20. The lowest BCUT2D eigenvalue weighted by Gasteiger charge is -2.09. The van der Waals surface area contributed by atoms with E-state index in [0.29, 0.717) is 5.57 Å². The van der Waals surface area contributed by atoms with Crippen molar-refractivity contribution in [1.82, 2.24) is 0 Å². The van der Waals surface area contributed by atoms with Crippen molar-refractivity contribution in [1.29, 1.82) is 0 Å². The summed E-state index contributed by atoms with van der Waals surface area (Å²) in [5, 5.41) is 0. The molecule has 0 spiro atoms. The maximum atomic E-state index is 11.6. The third kappa shape index (κ3) is 2.69. The average molecular weight is 204 g/mol. The number of rotatable bonds is 3. The summed E-state index contributed by atoms with van der Waals surface area (Å²) in [4.78, 5) is 11.6. The zero-order valence-corrected chi connectivity index (χ0v) is 9.41. The molecule has 0 aliphatic rings. The van der Waals surface area contributed by atoms with Gasteiger partial charge in [-0.05, 0) is 18.9 Å². The highest BCUT2D eigenvalue weighted by Gasteiger charge is 2.14. The van der Waals surface area contributed by atoms with Gasteiger partial charge in [0.15, 0.2) is 0 Å². The van der Waals surface area contributed by atoms with Crippen LogP contribution in [0.1, 0.15) is 25.8 Å². The van der Waals surface area contributed by atoms with Crippen LogP contribution in [-0.2, 0) is 9.53 Å². The van der Waals surface area contributed by atoms with Gasteiger partial charge in [0, 0.05) is 0 Å². The van der Waals surface area contributed by atoms with Crippen LogP contribution in [0.25, 0.3) is 5.57 Å². The number of allylic oxidation sites excluding steroid dienone is 1. The van der Waals surface area contributed by atoms with Crippen LogP contribution in [0.15, 0.2) is 35.9 Å². The topological polar surface area (TPSA) is 26.3 Å². The Morgan fingerprint density at radius 2 is 1.87 bits per heavy atom. The van der Waals surface area contributed by atoms with Gasteiger partial charge in [-0.3, -0.25) is 0 Å². The zero-order valence-electron chi connectivity index (χ0n) is 9.41. The molecule has 0 saturated heterocycles. The lowest BCUT2D eigenvalue weighted by Crippen LogP contribution is -2.06. The first-order valence-corrected chi connectivity index (χ1v) is 5.04. The van der Waals surface area contributed by atoms with Crippen molar-refractivity contribution in [2.24, 2.45) is 0 Å². The molecule has 0 unspecified atom stereocenters. The molecule has 1 rings (SSSR count). The average Bonchev–Trinajstić information content (AvgIpc) is 2.30. The summed E-state index contributed by atoms with van der Waals surface area (Å²) in [6, 6.07) is 9.61. The van der Waals surface area contributed by atoms with Crippen molar-refractivity contribution in [3.63, 3.8) is 0 Å². The van der Waals surface area contributed by atoms with Gasteiger partial charge in [-0.15, -0.1) is 0 Å². The fourth-order valence-electron chi connectivity index (χ4n) is 1.42. The number of ether oxygens (including phenoxy) is 1. The minimum absolute atomic E-state index is 0.263. The molecule has 80 valence electrons. The summed E-state index contributed by atoms with van der Waals surface area (Å²) in [7, 11) is 1.41. The van der Waals surface area contributed by atoms with Gasteiger partial charge in [-0.1, -0.05) is 42.8 Å². The largest absolute Gasteiger partial charge is 0.465 e. The Kier molecular flexibility index (Phi) is 4.10. The molecular formula is C13H16O2. The molecule has 1 aromatic rings. The van der Waals surface area contributed by atoms with Crippen molar-refractivity contribution >= 4 is 11.5 Å². The van der Waals surface area contributed by atoms with Crippen molar-refractivity contribution in [3.05, 3.63) is 41.5 Å². The molecule has 0 bridgehead atoms. The van der Waals surface area contributed by atoms with E-state index in [-0.39, 0.29) is 5.97 Å². The Labute approximate surface area is 90.6 Å². The molecule has 1 aromatic carbocycles. The third-order valence-electron chi connectivity index (χ3n) is 2.41. The van der Waals surface area contributed by atoms with Crippen LogP contribution in [0.4, 0.5) is 0 Å². The fraction of sp³-hybridized carbons (Fsp3) is 0.308. The number of esters is 1. The van der Waals surface area contributed by atoms with E-state index in [4.69, 9.17) is 4.74 Å². The van der Waals surface area contributed by atoms with E-state index in [0.717, 1.165) is 17.6 Å². The molecule has 2 nitrogen and oxygen atoms in total. The van der Waals surface area contributed by atoms with Crippen LogP contribution in [0.5, 0.6) is 0 Å². The maximum absolute atomic E-state index is 11.6. The van der Waals surface area contributed by atoms with Gasteiger partial charge in [0.1, 0.15) is 0 Å². The predicted octanol–water partition coefficient (Wildman–Crippen LogP) is 3.04. The second-order valence-corrected chi connectivity index (χ2v) is 3.37. The quantitative estimate of drug-likeness (QED) is 0.558. The van der Waals surface area contributed by atoms with Crippen LogP contribution in [-0.4, -0.2) is 13.1 Å². The smallest absolute Gasteiger partial charge is 0.338 e. The summed E-state index contributed by atoms with van der Waals surface area (Å²) < 4.78 is 4.79. The van der Waals surface area contributed by atoms with Crippen molar-refractivity contribution < 1.29 is 9.53 Å². The van der Waals surface area contributed by atoms with Gasteiger partial charge < -0.3 is 4.74 Å². The molecular weight excluding hydrogens is 188 g/mol. The van der Waals surface area contributed by atoms with Gasteiger partial charge in [-0.2, -0.15) is 0 Å². The highest BCUT2D eigenvalue weighted by molar-refractivity contribution is 6.17. The third-order valence-corrected chi connectivity index (χ3v) is 2.41. The molecule has 0 heterocycles.